The molecule has 6 heteroatoms. The zero-order valence-corrected chi connectivity index (χ0v) is 13.8. The Morgan fingerprint density at radius 2 is 1.75 bits per heavy atom. The number of hydrogen-bond donors (Lipinski definition) is 1. The van der Waals surface area contributed by atoms with Crippen molar-refractivity contribution in [1.82, 2.24) is 5.32 Å². The Balaban J connectivity index is 1.93. The molecule has 128 valence electrons. The fourth-order valence-corrected chi connectivity index (χ4v) is 2.20. The number of rotatable bonds is 7. The molecule has 2 rings (SSSR count). The first kappa shape index (κ1) is 17.6. The molecule has 0 spiro atoms. The molecule has 0 saturated heterocycles. The van der Waals surface area contributed by atoms with E-state index < -0.39 is 5.82 Å². The average molecular weight is 333 g/mol. The lowest BCUT2D eigenvalue weighted by atomic mass is 10.1. The standard InChI is InChI=1S/C18H20FNO4/c1-12(13-8-9-15(22-2)14(19)10-13)20-18(21)11-24-17-7-5-4-6-16(17)23-3/h4-10,12H,11H2,1-3H3,(H,20,21)/t12-/m0/s1. The SMILES string of the molecule is COc1ccc([C@H](C)NC(=O)COc2ccccc2OC)cc1F. The predicted molar refractivity (Wildman–Crippen MR) is 88.0 cm³/mol. The lowest BCUT2D eigenvalue weighted by Crippen LogP contribution is -2.31. The zero-order valence-electron chi connectivity index (χ0n) is 13.8. The third kappa shape index (κ3) is 4.38. The number of para-hydroxylation sites is 2. The second-order valence-electron chi connectivity index (χ2n) is 5.12. The third-order valence-electron chi connectivity index (χ3n) is 3.48. The number of amides is 1. The van der Waals surface area contributed by atoms with Gasteiger partial charge in [0, 0.05) is 0 Å². The van der Waals surface area contributed by atoms with Crippen LogP contribution >= 0.6 is 0 Å². The molecule has 0 unspecified atom stereocenters. The van der Waals surface area contributed by atoms with Crippen LogP contribution in [-0.2, 0) is 4.79 Å². The normalized spacial score (nSPS) is 11.5. The summed E-state index contributed by atoms with van der Waals surface area (Å²) >= 11 is 0. The second-order valence-corrected chi connectivity index (χ2v) is 5.12. The van der Waals surface area contributed by atoms with Gasteiger partial charge >= 0.3 is 0 Å². The minimum Gasteiger partial charge on any atom is -0.494 e. The van der Waals surface area contributed by atoms with Gasteiger partial charge in [-0.15, -0.1) is 0 Å². The predicted octanol–water partition coefficient (Wildman–Crippen LogP) is 3.10. The fraction of sp³-hybridized carbons (Fsp3) is 0.278. The van der Waals surface area contributed by atoms with Gasteiger partial charge in [-0.05, 0) is 36.8 Å². The highest BCUT2D eigenvalue weighted by molar-refractivity contribution is 5.78. The number of methoxy groups -OCH3 is 2. The molecule has 1 N–H and O–H groups in total. The van der Waals surface area contributed by atoms with E-state index in [0.717, 1.165) is 0 Å². The Hall–Kier alpha value is -2.76. The highest BCUT2D eigenvalue weighted by atomic mass is 19.1. The number of nitrogens with one attached hydrogen (secondary N) is 1. The summed E-state index contributed by atoms with van der Waals surface area (Å²) in [5.74, 6) is 0.414. The molecule has 0 aromatic heterocycles. The maximum atomic E-state index is 13.7. The first-order chi connectivity index (χ1) is 11.5. The van der Waals surface area contributed by atoms with E-state index in [1.54, 1.807) is 31.2 Å². The summed E-state index contributed by atoms with van der Waals surface area (Å²) in [6, 6.07) is 11.3. The summed E-state index contributed by atoms with van der Waals surface area (Å²) in [6.07, 6.45) is 0. The third-order valence-corrected chi connectivity index (χ3v) is 3.48. The zero-order chi connectivity index (χ0) is 17.5. The van der Waals surface area contributed by atoms with Crippen LogP contribution in [0.5, 0.6) is 17.2 Å². The topological polar surface area (TPSA) is 56.8 Å². The molecule has 0 aliphatic rings. The van der Waals surface area contributed by atoms with Crippen LogP contribution in [0.4, 0.5) is 4.39 Å². The van der Waals surface area contributed by atoms with Crippen LogP contribution in [0.2, 0.25) is 0 Å². The van der Waals surface area contributed by atoms with Crippen LogP contribution in [0, 0.1) is 5.82 Å². The first-order valence-corrected chi connectivity index (χ1v) is 7.43. The van der Waals surface area contributed by atoms with Crippen molar-refractivity contribution in [2.24, 2.45) is 0 Å². The van der Waals surface area contributed by atoms with Crippen LogP contribution < -0.4 is 19.5 Å². The lowest BCUT2D eigenvalue weighted by molar-refractivity contribution is -0.123. The van der Waals surface area contributed by atoms with Gasteiger partial charge in [-0.2, -0.15) is 0 Å². The van der Waals surface area contributed by atoms with Crippen molar-refractivity contribution in [2.45, 2.75) is 13.0 Å². The van der Waals surface area contributed by atoms with E-state index in [4.69, 9.17) is 14.2 Å². The quantitative estimate of drug-likeness (QED) is 0.846. The van der Waals surface area contributed by atoms with Gasteiger partial charge in [0.25, 0.3) is 5.91 Å². The molecule has 1 amide bonds. The average Bonchev–Trinajstić information content (AvgIpc) is 2.60. The molecule has 0 aliphatic carbocycles. The minimum absolute atomic E-state index is 0.163. The number of ether oxygens (including phenoxy) is 3. The summed E-state index contributed by atoms with van der Waals surface area (Å²) in [6.45, 7) is 1.60. The fourth-order valence-electron chi connectivity index (χ4n) is 2.20. The van der Waals surface area contributed by atoms with E-state index in [1.165, 1.54) is 26.4 Å². The molecule has 0 heterocycles. The maximum absolute atomic E-state index is 13.7. The van der Waals surface area contributed by atoms with E-state index in [9.17, 15) is 9.18 Å². The molecule has 0 bridgehead atoms. The van der Waals surface area contributed by atoms with Crippen LogP contribution in [0.15, 0.2) is 42.5 Å². The maximum Gasteiger partial charge on any atom is 0.258 e. The van der Waals surface area contributed by atoms with Gasteiger partial charge in [0.2, 0.25) is 0 Å². The number of hydrogen-bond acceptors (Lipinski definition) is 4. The molecule has 24 heavy (non-hydrogen) atoms. The smallest absolute Gasteiger partial charge is 0.258 e. The van der Waals surface area contributed by atoms with Gasteiger partial charge in [-0.25, -0.2) is 4.39 Å². The highest BCUT2D eigenvalue weighted by Crippen LogP contribution is 2.25. The molecule has 0 fully saturated rings. The lowest BCUT2D eigenvalue weighted by Gasteiger charge is -2.16. The molecule has 2 aromatic rings. The van der Waals surface area contributed by atoms with E-state index >= 15 is 0 Å². The number of halogens is 1. The van der Waals surface area contributed by atoms with Crippen molar-refractivity contribution in [2.75, 3.05) is 20.8 Å². The number of carbonyl (C=O) groups excluding carboxylic acids is 1. The molecule has 1 atom stereocenters. The van der Waals surface area contributed by atoms with Crippen molar-refractivity contribution < 1.29 is 23.4 Å². The summed E-state index contributed by atoms with van der Waals surface area (Å²) < 4.78 is 29.2. The van der Waals surface area contributed by atoms with Crippen molar-refractivity contribution in [3.05, 3.63) is 53.8 Å². The molecule has 0 aliphatic heterocycles. The molecule has 2 aromatic carbocycles. The summed E-state index contributed by atoms with van der Waals surface area (Å²) in [5, 5.41) is 2.76. The van der Waals surface area contributed by atoms with Crippen molar-refractivity contribution >= 4 is 5.91 Å². The van der Waals surface area contributed by atoms with E-state index in [2.05, 4.69) is 5.32 Å². The first-order valence-electron chi connectivity index (χ1n) is 7.43. The number of carbonyl (C=O) groups is 1. The van der Waals surface area contributed by atoms with Crippen LogP contribution in [0.25, 0.3) is 0 Å². The Morgan fingerprint density at radius 1 is 1.08 bits per heavy atom. The highest BCUT2D eigenvalue weighted by Gasteiger charge is 2.13. The Kier molecular flexibility index (Phi) is 6.01. The summed E-state index contributed by atoms with van der Waals surface area (Å²) in [5.41, 5.74) is 0.638. The Morgan fingerprint density at radius 3 is 2.38 bits per heavy atom. The van der Waals surface area contributed by atoms with Crippen molar-refractivity contribution in [3.63, 3.8) is 0 Å². The Labute approximate surface area is 140 Å². The molecular weight excluding hydrogens is 313 g/mol. The number of benzene rings is 2. The van der Waals surface area contributed by atoms with E-state index in [0.29, 0.717) is 17.1 Å². The van der Waals surface area contributed by atoms with Gasteiger partial charge in [0.05, 0.1) is 20.3 Å². The molecule has 0 saturated carbocycles. The van der Waals surface area contributed by atoms with Crippen LogP contribution in [0.3, 0.4) is 0 Å². The molecule has 5 nitrogen and oxygen atoms in total. The minimum atomic E-state index is -0.471. The molecule has 0 radical (unpaired) electrons. The van der Waals surface area contributed by atoms with Crippen LogP contribution in [0.1, 0.15) is 18.5 Å². The van der Waals surface area contributed by atoms with Gasteiger partial charge in [-0.3, -0.25) is 4.79 Å². The summed E-state index contributed by atoms with van der Waals surface area (Å²) in [7, 11) is 2.93. The molecular formula is C18H20FNO4. The Bertz CT molecular complexity index is 705. The monoisotopic (exact) mass is 333 g/mol. The van der Waals surface area contributed by atoms with E-state index in [1.807, 2.05) is 6.07 Å². The van der Waals surface area contributed by atoms with E-state index in [-0.39, 0.29) is 24.3 Å². The van der Waals surface area contributed by atoms with Gasteiger partial charge < -0.3 is 19.5 Å². The van der Waals surface area contributed by atoms with Gasteiger partial charge in [0.15, 0.2) is 29.7 Å². The van der Waals surface area contributed by atoms with Crippen molar-refractivity contribution in [1.29, 1.82) is 0 Å². The van der Waals surface area contributed by atoms with Gasteiger partial charge in [-0.1, -0.05) is 18.2 Å². The largest absolute Gasteiger partial charge is 0.494 e. The van der Waals surface area contributed by atoms with Crippen LogP contribution in [-0.4, -0.2) is 26.7 Å². The second kappa shape index (κ2) is 8.19. The van der Waals surface area contributed by atoms with Crippen molar-refractivity contribution in [3.8, 4) is 17.2 Å². The van der Waals surface area contributed by atoms with Gasteiger partial charge in [0.1, 0.15) is 0 Å². The summed E-state index contributed by atoms with van der Waals surface area (Å²) in [4.78, 5) is 12.0.